The summed E-state index contributed by atoms with van der Waals surface area (Å²) in [4.78, 5) is 13.1. The Hall–Kier alpha value is -1.60. The Bertz CT molecular complexity index is 475. The summed E-state index contributed by atoms with van der Waals surface area (Å²) < 4.78 is 10.4. The number of piperidine rings is 1. The molecule has 0 bridgehead atoms. The van der Waals surface area contributed by atoms with Crippen molar-refractivity contribution in [2.75, 3.05) is 59.5 Å². The molecule has 7 nitrogen and oxygen atoms in total. The molecule has 0 aromatic carbocycles. The van der Waals surface area contributed by atoms with Crippen LogP contribution in [0, 0.1) is 5.41 Å². The molecule has 22 heavy (non-hydrogen) atoms. The molecule has 1 unspecified atom stereocenters. The van der Waals surface area contributed by atoms with Gasteiger partial charge in [0.05, 0.1) is 26.9 Å². The van der Waals surface area contributed by atoms with Crippen LogP contribution in [0.15, 0.2) is 6.07 Å². The molecule has 0 saturated carbocycles. The zero-order valence-corrected chi connectivity index (χ0v) is 13.9. The lowest BCUT2D eigenvalue weighted by Crippen LogP contribution is -2.50. The number of rotatable bonds is 6. The van der Waals surface area contributed by atoms with Gasteiger partial charge >= 0.3 is 0 Å². The van der Waals surface area contributed by atoms with E-state index in [4.69, 9.17) is 9.47 Å². The molecular formula is C15H26N4O3. The number of nitrogens with zero attached hydrogens (tertiary/aromatic N) is 4. The van der Waals surface area contributed by atoms with Crippen molar-refractivity contribution in [3.8, 4) is 11.8 Å². The fourth-order valence-electron chi connectivity index (χ4n) is 3.10. The number of ether oxygens (including phenoxy) is 2. The maximum Gasteiger partial charge on any atom is 0.231 e. The maximum atomic E-state index is 9.91. The standard InChI is InChI=1S/C15H26N4O3/c1-18(2)9-15(11-20)6-5-7-19(10-15)14-16-12(21-3)8-13(17-14)22-4/h8,20H,5-7,9-11H2,1-4H3. The number of anilines is 1. The van der Waals surface area contributed by atoms with Gasteiger partial charge in [-0.3, -0.25) is 0 Å². The lowest BCUT2D eigenvalue weighted by Gasteiger charge is -2.43. The zero-order chi connectivity index (χ0) is 16.2. The van der Waals surface area contributed by atoms with Crippen LogP contribution in [-0.2, 0) is 0 Å². The van der Waals surface area contributed by atoms with Crippen molar-refractivity contribution in [3.63, 3.8) is 0 Å². The van der Waals surface area contributed by atoms with Crippen LogP contribution >= 0.6 is 0 Å². The molecule has 1 fully saturated rings. The van der Waals surface area contributed by atoms with E-state index in [2.05, 4.69) is 19.8 Å². The average molecular weight is 310 g/mol. The first-order valence-corrected chi connectivity index (χ1v) is 7.49. The summed E-state index contributed by atoms with van der Waals surface area (Å²) in [6.07, 6.45) is 2.00. The van der Waals surface area contributed by atoms with Gasteiger partial charge in [-0.25, -0.2) is 0 Å². The first-order chi connectivity index (χ1) is 10.5. The molecule has 0 radical (unpaired) electrons. The number of aliphatic hydroxyl groups is 1. The summed E-state index contributed by atoms with van der Waals surface area (Å²) in [5.74, 6) is 1.55. The highest BCUT2D eigenvalue weighted by Gasteiger charge is 2.36. The fraction of sp³-hybridized carbons (Fsp3) is 0.733. The van der Waals surface area contributed by atoms with Crippen LogP contribution in [0.4, 0.5) is 5.95 Å². The first-order valence-electron chi connectivity index (χ1n) is 7.49. The number of hydrogen-bond acceptors (Lipinski definition) is 7. The van der Waals surface area contributed by atoms with E-state index in [9.17, 15) is 5.11 Å². The van der Waals surface area contributed by atoms with Gasteiger partial charge in [0.2, 0.25) is 17.7 Å². The molecule has 0 spiro atoms. The maximum absolute atomic E-state index is 9.91. The molecule has 2 rings (SSSR count). The summed E-state index contributed by atoms with van der Waals surface area (Å²) in [5, 5.41) is 9.91. The van der Waals surface area contributed by atoms with E-state index in [1.54, 1.807) is 20.3 Å². The second-order valence-electron chi connectivity index (χ2n) is 6.17. The monoisotopic (exact) mass is 310 g/mol. The minimum atomic E-state index is -0.151. The van der Waals surface area contributed by atoms with Crippen molar-refractivity contribution in [3.05, 3.63) is 6.07 Å². The number of aromatic nitrogens is 2. The molecule has 0 aliphatic carbocycles. The Morgan fingerprint density at radius 2 is 1.91 bits per heavy atom. The van der Waals surface area contributed by atoms with Gasteiger partial charge in [-0.1, -0.05) is 0 Å². The molecule has 7 heteroatoms. The summed E-state index contributed by atoms with van der Waals surface area (Å²) in [7, 11) is 7.21. The molecule has 1 aliphatic heterocycles. The second-order valence-corrected chi connectivity index (χ2v) is 6.17. The predicted molar refractivity (Wildman–Crippen MR) is 84.7 cm³/mol. The van der Waals surface area contributed by atoms with E-state index < -0.39 is 0 Å². The number of hydrogen-bond donors (Lipinski definition) is 1. The molecule has 124 valence electrons. The fourth-order valence-corrected chi connectivity index (χ4v) is 3.10. The van der Waals surface area contributed by atoms with E-state index in [1.165, 1.54) is 0 Å². The predicted octanol–water partition coefficient (Wildman–Crippen LogP) is 0.634. The van der Waals surface area contributed by atoms with Gasteiger partial charge in [0.15, 0.2) is 0 Å². The normalized spacial score (nSPS) is 22.0. The molecule has 1 aromatic heterocycles. The van der Waals surface area contributed by atoms with Crippen molar-refractivity contribution in [1.82, 2.24) is 14.9 Å². The molecule has 1 N–H and O–H groups in total. The smallest absolute Gasteiger partial charge is 0.231 e. The van der Waals surface area contributed by atoms with Crippen molar-refractivity contribution in [2.24, 2.45) is 5.41 Å². The summed E-state index contributed by atoms with van der Waals surface area (Å²) in [6, 6.07) is 1.66. The van der Waals surface area contributed by atoms with Crippen molar-refractivity contribution in [2.45, 2.75) is 12.8 Å². The quantitative estimate of drug-likeness (QED) is 0.826. The van der Waals surface area contributed by atoms with Gasteiger partial charge in [0, 0.05) is 25.0 Å². The molecule has 1 aromatic rings. The van der Waals surface area contributed by atoms with Crippen molar-refractivity contribution < 1.29 is 14.6 Å². The van der Waals surface area contributed by atoms with E-state index in [0.29, 0.717) is 17.7 Å². The molecule has 1 aliphatic rings. The molecular weight excluding hydrogens is 284 g/mol. The van der Waals surface area contributed by atoms with Gasteiger partial charge in [0.25, 0.3) is 0 Å². The van der Waals surface area contributed by atoms with Crippen molar-refractivity contribution in [1.29, 1.82) is 0 Å². The third kappa shape index (κ3) is 3.78. The van der Waals surface area contributed by atoms with Gasteiger partial charge in [0.1, 0.15) is 0 Å². The third-order valence-corrected chi connectivity index (χ3v) is 4.02. The van der Waals surface area contributed by atoms with Gasteiger partial charge in [-0.05, 0) is 26.9 Å². The molecule has 1 atom stereocenters. The van der Waals surface area contributed by atoms with Crippen LogP contribution in [0.5, 0.6) is 11.8 Å². The largest absolute Gasteiger partial charge is 0.481 e. The zero-order valence-electron chi connectivity index (χ0n) is 13.9. The van der Waals surface area contributed by atoms with Gasteiger partial charge < -0.3 is 24.4 Å². The Kier molecular flexibility index (Phi) is 5.42. The highest BCUT2D eigenvalue weighted by molar-refractivity contribution is 5.37. The minimum absolute atomic E-state index is 0.151. The van der Waals surface area contributed by atoms with Crippen LogP contribution in [0.3, 0.4) is 0 Å². The second kappa shape index (κ2) is 7.11. The van der Waals surface area contributed by atoms with E-state index >= 15 is 0 Å². The number of aliphatic hydroxyl groups excluding tert-OH is 1. The van der Waals surface area contributed by atoms with E-state index in [0.717, 1.165) is 32.5 Å². The van der Waals surface area contributed by atoms with Gasteiger partial charge in [-0.2, -0.15) is 9.97 Å². The summed E-state index contributed by atoms with van der Waals surface area (Å²) >= 11 is 0. The Labute approximate surface area is 131 Å². The van der Waals surface area contributed by atoms with Crippen molar-refractivity contribution >= 4 is 5.95 Å². The van der Waals surface area contributed by atoms with E-state index in [-0.39, 0.29) is 12.0 Å². The van der Waals surface area contributed by atoms with Gasteiger partial charge in [-0.15, -0.1) is 0 Å². The number of methoxy groups -OCH3 is 2. The average Bonchev–Trinajstić information content (AvgIpc) is 2.53. The topological polar surface area (TPSA) is 71.0 Å². The first kappa shape index (κ1) is 16.8. The Balaban J connectivity index is 2.24. The summed E-state index contributed by atoms with van der Waals surface area (Å²) in [5.41, 5.74) is -0.151. The molecule has 1 saturated heterocycles. The van der Waals surface area contributed by atoms with Crippen LogP contribution in [-0.4, -0.2) is 74.5 Å². The van der Waals surface area contributed by atoms with Crippen LogP contribution in [0.1, 0.15) is 12.8 Å². The summed E-state index contributed by atoms with van der Waals surface area (Å²) in [6.45, 7) is 2.58. The molecule has 2 heterocycles. The van der Waals surface area contributed by atoms with Crippen LogP contribution in [0.2, 0.25) is 0 Å². The van der Waals surface area contributed by atoms with Crippen LogP contribution < -0.4 is 14.4 Å². The minimum Gasteiger partial charge on any atom is -0.481 e. The van der Waals surface area contributed by atoms with E-state index in [1.807, 2.05) is 14.1 Å². The highest BCUT2D eigenvalue weighted by Crippen LogP contribution is 2.32. The molecule has 0 amide bonds. The van der Waals surface area contributed by atoms with Crippen LogP contribution in [0.25, 0.3) is 0 Å². The Morgan fingerprint density at radius 1 is 1.27 bits per heavy atom. The highest BCUT2D eigenvalue weighted by atomic mass is 16.5. The lowest BCUT2D eigenvalue weighted by atomic mass is 9.80. The SMILES string of the molecule is COc1cc(OC)nc(N2CCCC(CO)(CN(C)C)C2)n1. The third-order valence-electron chi connectivity index (χ3n) is 4.02. The lowest BCUT2D eigenvalue weighted by molar-refractivity contribution is 0.0757. The Morgan fingerprint density at radius 3 is 2.41 bits per heavy atom.